The minimum atomic E-state index is -0.952. The highest BCUT2D eigenvalue weighted by Gasteiger charge is 2.22. The molecular weight excluding hydrogens is 328 g/mol. The summed E-state index contributed by atoms with van der Waals surface area (Å²) in [5.74, 6) is -2.31. The zero-order chi connectivity index (χ0) is 18.1. The summed E-state index contributed by atoms with van der Waals surface area (Å²) in [5.41, 5.74) is 12.4. The van der Waals surface area contributed by atoms with E-state index in [0.717, 1.165) is 12.1 Å². The van der Waals surface area contributed by atoms with Gasteiger partial charge >= 0.3 is 0 Å². The van der Waals surface area contributed by atoms with Gasteiger partial charge in [0.1, 0.15) is 11.9 Å². The van der Waals surface area contributed by atoms with Gasteiger partial charge in [-0.1, -0.05) is 6.07 Å². The molecule has 1 amide bonds. The Morgan fingerprint density at radius 2 is 1.88 bits per heavy atom. The number of hydrogen-bond donors (Lipinski definition) is 2. The van der Waals surface area contributed by atoms with E-state index in [4.69, 9.17) is 16.2 Å². The summed E-state index contributed by atoms with van der Waals surface area (Å²) in [5, 5.41) is 0. The van der Waals surface area contributed by atoms with Gasteiger partial charge in [0.15, 0.2) is 17.6 Å². The van der Waals surface area contributed by atoms with Gasteiger partial charge in [-0.2, -0.15) is 4.99 Å². The first-order valence-electron chi connectivity index (χ1n) is 7.47. The first-order chi connectivity index (χ1) is 11.8. The molecule has 7 heteroatoms. The standard InChI is InChI=1S/C18H15F2N3O2/c1-9-6-12(10-2-4-14(19)15(20)8-10)13-7-11(3-5-16(13)25-9)17(24)23-18(21)22/h2-9H,1H3,(H4,21,22,23,24). The summed E-state index contributed by atoms with van der Waals surface area (Å²) in [6, 6.07) is 8.34. The Morgan fingerprint density at radius 3 is 2.56 bits per heavy atom. The molecule has 25 heavy (non-hydrogen) atoms. The Balaban J connectivity index is 2.11. The highest BCUT2D eigenvalue weighted by molar-refractivity contribution is 6.03. The Labute approximate surface area is 142 Å². The van der Waals surface area contributed by atoms with Crippen molar-refractivity contribution in [3.8, 4) is 5.75 Å². The molecular formula is C18H15F2N3O2. The van der Waals surface area contributed by atoms with Gasteiger partial charge < -0.3 is 16.2 Å². The van der Waals surface area contributed by atoms with Gasteiger partial charge in [-0.3, -0.25) is 4.79 Å². The predicted molar refractivity (Wildman–Crippen MR) is 90.1 cm³/mol. The molecule has 1 unspecified atom stereocenters. The maximum absolute atomic E-state index is 13.6. The largest absolute Gasteiger partial charge is 0.486 e. The molecule has 0 bridgehead atoms. The predicted octanol–water partition coefficient (Wildman–Crippen LogP) is 2.59. The number of carbonyl (C=O) groups is 1. The Morgan fingerprint density at radius 1 is 1.12 bits per heavy atom. The topological polar surface area (TPSA) is 90.7 Å². The molecule has 0 aromatic heterocycles. The van der Waals surface area contributed by atoms with Crippen molar-refractivity contribution in [1.82, 2.24) is 0 Å². The summed E-state index contributed by atoms with van der Waals surface area (Å²) >= 11 is 0. The number of ether oxygens (including phenoxy) is 1. The van der Waals surface area contributed by atoms with Crippen molar-refractivity contribution in [2.24, 2.45) is 16.5 Å². The average molecular weight is 343 g/mol. The Hall–Kier alpha value is -3.22. The fourth-order valence-electron chi connectivity index (χ4n) is 2.63. The number of hydrogen-bond acceptors (Lipinski definition) is 2. The van der Waals surface area contributed by atoms with Crippen LogP contribution in [0.5, 0.6) is 5.75 Å². The number of rotatable bonds is 2. The summed E-state index contributed by atoms with van der Waals surface area (Å²) in [6.45, 7) is 1.82. The lowest BCUT2D eigenvalue weighted by molar-refractivity contribution is 0.100. The highest BCUT2D eigenvalue weighted by atomic mass is 19.2. The monoisotopic (exact) mass is 343 g/mol. The molecule has 3 rings (SSSR count). The van der Waals surface area contributed by atoms with Crippen molar-refractivity contribution in [2.45, 2.75) is 13.0 Å². The van der Waals surface area contributed by atoms with Crippen molar-refractivity contribution in [3.63, 3.8) is 0 Å². The van der Waals surface area contributed by atoms with Crippen LogP contribution in [0.2, 0.25) is 0 Å². The number of carbonyl (C=O) groups excluding carboxylic acids is 1. The van der Waals surface area contributed by atoms with Gasteiger partial charge in [0.25, 0.3) is 5.91 Å². The average Bonchev–Trinajstić information content (AvgIpc) is 2.55. The van der Waals surface area contributed by atoms with E-state index in [1.807, 2.05) is 6.92 Å². The first kappa shape index (κ1) is 16.6. The molecule has 2 aromatic carbocycles. The van der Waals surface area contributed by atoms with E-state index in [2.05, 4.69) is 4.99 Å². The van der Waals surface area contributed by atoms with E-state index in [0.29, 0.717) is 22.4 Å². The maximum atomic E-state index is 13.6. The quantitative estimate of drug-likeness (QED) is 0.648. The molecule has 0 saturated heterocycles. The lowest BCUT2D eigenvalue weighted by atomic mass is 9.92. The molecule has 2 aromatic rings. The van der Waals surface area contributed by atoms with Gasteiger partial charge in [0.05, 0.1) is 0 Å². The van der Waals surface area contributed by atoms with Crippen LogP contribution in [0.3, 0.4) is 0 Å². The number of fused-ring (bicyclic) bond motifs is 1. The van der Waals surface area contributed by atoms with E-state index in [1.165, 1.54) is 12.1 Å². The van der Waals surface area contributed by atoms with Crippen LogP contribution < -0.4 is 16.2 Å². The molecule has 0 radical (unpaired) electrons. The van der Waals surface area contributed by atoms with Crippen molar-refractivity contribution >= 4 is 17.4 Å². The Bertz CT molecular complexity index is 919. The van der Waals surface area contributed by atoms with Crippen LogP contribution in [0, 0.1) is 11.6 Å². The summed E-state index contributed by atoms with van der Waals surface area (Å²) in [4.78, 5) is 15.5. The minimum Gasteiger partial charge on any atom is -0.486 e. The van der Waals surface area contributed by atoms with Crippen LogP contribution in [0.15, 0.2) is 47.5 Å². The number of nitrogens with two attached hydrogens (primary N) is 2. The number of guanidine groups is 1. The molecule has 0 fully saturated rings. The third-order valence-electron chi connectivity index (χ3n) is 3.69. The van der Waals surface area contributed by atoms with Crippen molar-refractivity contribution in [1.29, 1.82) is 0 Å². The summed E-state index contributed by atoms with van der Waals surface area (Å²) in [7, 11) is 0. The Kier molecular flexibility index (Phi) is 4.22. The van der Waals surface area contributed by atoms with Crippen molar-refractivity contribution in [2.75, 3.05) is 0 Å². The van der Waals surface area contributed by atoms with Crippen LogP contribution in [-0.4, -0.2) is 18.0 Å². The van der Waals surface area contributed by atoms with E-state index in [1.54, 1.807) is 18.2 Å². The molecule has 1 aliphatic rings. The molecule has 5 nitrogen and oxygen atoms in total. The van der Waals surface area contributed by atoms with Crippen LogP contribution >= 0.6 is 0 Å². The van der Waals surface area contributed by atoms with E-state index >= 15 is 0 Å². The zero-order valence-electron chi connectivity index (χ0n) is 13.3. The smallest absolute Gasteiger partial charge is 0.280 e. The van der Waals surface area contributed by atoms with Gasteiger partial charge in [-0.15, -0.1) is 0 Å². The molecule has 4 N–H and O–H groups in total. The highest BCUT2D eigenvalue weighted by Crippen LogP contribution is 2.37. The van der Waals surface area contributed by atoms with Crippen LogP contribution in [0.1, 0.15) is 28.4 Å². The molecule has 128 valence electrons. The van der Waals surface area contributed by atoms with Crippen LogP contribution in [-0.2, 0) is 0 Å². The minimum absolute atomic E-state index is 0.249. The molecule has 1 heterocycles. The molecule has 0 spiro atoms. The van der Waals surface area contributed by atoms with Gasteiger partial charge in [0.2, 0.25) is 0 Å². The fraction of sp³-hybridized carbons (Fsp3) is 0.111. The second kappa shape index (κ2) is 6.35. The van der Waals surface area contributed by atoms with Crippen molar-refractivity contribution < 1.29 is 18.3 Å². The van der Waals surface area contributed by atoms with Crippen molar-refractivity contribution in [3.05, 3.63) is 70.8 Å². The number of halogens is 2. The van der Waals surface area contributed by atoms with E-state index in [-0.39, 0.29) is 17.6 Å². The van der Waals surface area contributed by atoms with Gasteiger partial charge in [-0.25, -0.2) is 8.78 Å². The zero-order valence-corrected chi connectivity index (χ0v) is 13.3. The molecule has 1 aliphatic heterocycles. The third-order valence-corrected chi connectivity index (χ3v) is 3.69. The number of benzene rings is 2. The fourth-order valence-corrected chi connectivity index (χ4v) is 2.63. The molecule has 1 atom stereocenters. The maximum Gasteiger partial charge on any atom is 0.280 e. The van der Waals surface area contributed by atoms with Crippen LogP contribution in [0.25, 0.3) is 5.57 Å². The van der Waals surface area contributed by atoms with Gasteiger partial charge in [-0.05, 0) is 54.5 Å². The number of aliphatic imine (C=N–C) groups is 1. The lowest BCUT2D eigenvalue weighted by Crippen LogP contribution is -2.24. The lowest BCUT2D eigenvalue weighted by Gasteiger charge is -2.24. The second-order valence-corrected chi connectivity index (χ2v) is 5.58. The van der Waals surface area contributed by atoms with Gasteiger partial charge in [0, 0.05) is 11.1 Å². The normalized spacial score (nSPS) is 15.6. The molecule has 0 saturated carbocycles. The van der Waals surface area contributed by atoms with E-state index in [9.17, 15) is 13.6 Å². The first-order valence-corrected chi connectivity index (χ1v) is 7.47. The summed E-state index contributed by atoms with van der Waals surface area (Å²) < 4.78 is 32.6. The SMILES string of the molecule is CC1C=C(c2ccc(F)c(F)c2)c2cc(C(=O)N=C(N)N)ccc2O1. The molecule has 0 aliphatic carbocycles. The van der Waals surface area contributed by atoms with Crippen LogP contribution in [0.4, 0.5) is 8.78 Å². The number of nitrogens with zero attached hydrogens (tertiary/aromatic N) is 1. The van der Waals surface area contributed by atoms with E-state index < -0.39 is 17.5 Å². The summed E-state index contributed by atoms with van der Waals surface area (Å²) in [6.07, 6.45) is 1.50. The number of amides is 1. The third kappa shape index (κ3) is 3.35. The second-order valence-electron chi connectivity index (χ2n) is 5.58.